The summed E-state index contributed by atoms with van der Waals surface area (Å²) in [5.74, 6) is 0.148. The van der Waals surface area contributed by atoms with Crippen LogP contribution in [-0.4, -0.2) is 70.8 Å². The monoisotopic (exact) mass is 333 g/mol. The molecule has 3 heterocycles. The number of aliphatic hydroxyl groups excluding tert-OH is 1. The minimum absolute atomic E-state index is 0.148. The summed E-state index contributed by atoms with van der Waals surface area (Å²) in [4.78, 5) is 20.7. The maximum Gasteiger partial charge on any atom is 0.223 e. The minimum atomic E-state index is -0.518. The number of pyridine rings is 1. The van der Waals surface area contributed by atoms with Gasteiger partial charge in [0.25, 0.3) is 0 Å². The molecule has 2 aliphatic rings. The Labute approximate surface area is 143 Å². The number of aromatic nitrogens is 1. The second-order valence-corrected chi connectivity index (χ2v) is 6.99. The van der Waals surface area contributed by atoms with Crippen LogP contribution in [0, 0.1) is 0 Å². The molecule has 0 saturated carbocycles. The average Bonchev–Trinajstić information content (AvgIpc) is 3.05. The molecular weight excluding hydrogens is 306 g/mol. The van der Waals surface area contributed by atoms with Crippen molar-refractivity contribution < 1.29 is 14.6 Å². The normalized spacial score (nSPS) is 27.1. The number of ether oxygens (including phenoxy) is 1. The molecule has 0 radical (unpaired) electrons. The van der Waals surface area contributed by atoms with Crippen molar-refractivity contribution in [3.8, 4) is 0 Å². The molecule has 6 heteroatoms. The molecule has 0 bridgehead atoms. The predicted molar refractivity (Wildman–Crippen MR) is 90.3 cm³/mol. The summed E-state index contributed by atoms with van der Waals surface area (Å²) < 4.78 is 5.82. The van der Waals surface area contributed by atoms with Gasteiger partial charge in [0.15, 0.2) is 0 Å². The number of amides is 1. The Morgan fingerprint density at radius 2 is 2.46 bits per heavy atom. The summed E-state index contributed by atoms with van der Waals surface area (Å²) in [5.41, 5.74) is 0.627. The number of hydrogen-bond donors (Lipinski definition) is 1. The van der Waals surface area contributed by atoms with E-state index in [1.807, 2.05) is 30.3 Å². The van der Waals surface area contributed by atoms with E-state index in [2.05, 4.69) is 9.88 Å². The Morgan fingerprint density at radius 3 is 3.17 bits per heavy atom. The smallest absolute Gasteiger partial charge is 0.223 e. The van der Waals surface area contributed by atoms with Gasteiger partial charge in [-0.3, -0.25) is 9.78 Å². The molecular formula is C18H27N3O3. The van der Waals surface area contributed by atoms with Gasteiger partial charge in [-0.25, -0.2) is 0 Å². The number of carbonyl (C=O) groups excluding carboxylic acids is 1. The first kappa shape index (κ1) is 17.3. The first-order valence-electron chi connectivity index (χ1n) is 8.76. The fourth-order valence-corrected chi connectivity index (χ4v) is 3.70. The molecule has 0 aromatic carbocycles. The van der Waals surface area contributed by atoms with E-state index >= 15 is 0 Å². The maximum atomic E-state index is 12.6. The number of piperidine rings is 1. The third-order valence-corrected chi connectivity index (χ3v) is 5.11. The quantitative estimate of drug-likeness (QED) is 0.872. The molecule has 24 heavy (non-hydrogen) atoms. The number of nitrogens with zero attached hydrogens (tertiary/aromatic N) is 3. The van der Waals surface area contributed by atoms with Crippen molar-refractivity contribution in [2.75, 3.05) is 33.3 Å². The Hall–Kier alpha value is -1.50. The molecule has 1 aromatic heterocycles. The van der Waals surface area contributed by atoms with Crippen molar-refractivity contribution in [1.82, 2.24) is 14.8 Å². The van der Waals surface area contributed by atoms with Crippen LogP contribution in [-0.2, 0) is 16.1 Å². The molecule has 2 saturated heterocycles. The van der Waals surface area contributed by atoms with E-state index in [1.165, 1.54) is 0 Å². The topological polar surface area (TPSA) is 65.9 Å². The van der Waals surface area contributed by atoms with Crippen LogP contribution in [0.2, 0.25) is 0 Å². The Balaban J connectivity index is 1.48. The van der Waals surface area contributed by atoms with Crippen LogP contribution in [0.4, 0.5) is 0 Å². The lowest BCUT2D eigenvalue weighted by molar-refractivity contribution is -0.155. The van der Waals surface area contributed by atoms with Crippen LogP contribution in [0.25, 0.3) is 0 Å². The lowest BCUT2D eigenvalue weighted by Gasteiger charge is -2.43. The van der Waals surface area contributed by atoms with Crippen LogP contribution in [0.3, 0.4) is 0 Å². The second kappa shape index (κ2) is 7.59. The summed E-state index contributed by atoms with van der Waals surface area (Å²) in [7, 11) is 2.02. The molecule has 2 atom stereocenters. The number of rotatable bonds is 5. The van der Waals surface area contributed by atoms with Gasteiger partial charge in [0.1, 0.15) is 5.60 Å². The largest absolute Gasteiger partial charge is 0.390 e. The molecule has 2 aliphatic heterocycles. The van der Waals surface area contributed by atoms with Crippen molar-refractivity contribution in [2.24, 2.45) is 0 Å². The van der Waals surface area contributed by atoms with Gasteiger partial charge in [-0.2, -0.15) is 0 Å². The van der Waals surface area contributed by atoms with E-state index in [0.717, 1.165) is 24.9 Å². The summed E-state index contributed by atoms with van der Waals surface area (Å²) >= 11 is 0. The molecule has 132 valence electrons. The summed E-state index contributed by atoms with van der Waals surface area (Å²) in [5, 5.41) is 10.3. The third-order valence-electron chi connectivity index (χ3n) is 5.11. The van der Waals surface area contributed by atoms with E-state index in [-0.39, 0.29) is 5.91 Å². The van der Waals surface area contributed by atoms with Gasteiger partial charge in [0, 0.05) is 45.1 Å². The Morgan fingerprint density at radius 1 is 1.58 bits per heavy atom. The van der Waals surface area contributed by atoms with Crippen molar-refractivity contribution >= 4 is 5.91 Å². The van der Waals surface area contributed by atoms with E-state index in [0.29, 0.717) is 39.1 Å². The molecule has 1 N–H and O–H groups in total. The summed E-state index contributed by atoms with van der Waals surface area (Å²) in [6.45, 7) is 3.33. The maximum absolute atomic E-state index is 12.6. The van der Waals surface area contributed by atoms with Gasteiger partial charge in [-0.15, -0.1) is 0 Å². The highest BCUT2D eigenvalue weighted by molar-refractivity contribution is 5.76. The highest BCUT2D eigenvalue weighted by atomic mass is 16.5. The first-order chi connectivity index (χ1) is 11.6. The zero-order valence-electron chi connectivity index (χ0n) is 14.4. The van der Waals surface area contributed by atoms with Gasteiger partial charge >= 0.3 is 0 Å². The van der Waals surface area contributed by atoms with Gasteiger partial charge in [-0.1, -0.05) is 6.07 Å². The SMILES string of the molecule is CN(CCC(=O)N1CC[C@H](O)[C@]2(CCCO2)C1)Cc1cccnc1. The fraction of sp³-hybridized carbons (Fsp3) is 0.667. The standard InChI is InChI=1S/C18H27N3O3/c1-20(13-15-4-2-8-19-12-15)9-6-17(23)21-10-5-16(22)18(14-21)7-3-11-24-18/h2,4,8,12,16,22H,3,5-7,9-11,13-14H2,1H3/t16-,18-/m0/s1. The van der Waals surface area contributed by atoms with Gasteiger partial charge < -0.3 is 19.6 Å². The summed E-state index contributed by atoms with van der Waals surface area (Å²) in [6.07, 6.45) is 6.08. The van der Waals surface area contributed by atoms with Crippen LogP contribution >= 0.6 is 0 Å². The zero-order chi connectivity index (χ0) is 17.0. The van der Waals surface area contributed by atoms with Crippen molar-refractivity contribution in [2.45, 2.75) is 43.9 Å². The lowest BCUT2D eigenvalue weighted by atomic mass is 9.87. The second-order valence-electron chi connectivity index (χ2n) is 6.99. The van der Waals surface area contributed by atoms with Crippen LogP contribution < -0.4 is 0 Å². The highest BCUT2D eigenvalue weighted by Crippen LogP contribution is 2.34. The van der Waals surface area contributed by atoms with E-state index in [4.69, 9.17) is 4.74 Å². The molecule has 0 unspecified atom stereocenters. The zero-order valence-corrected chi connectivity index (χ0v) is 14.4. The first-order valence-corrected chi connectivity index (χ1v) is 8.76. The number of aliphatic hydroxyl groups is 1. The van der Waals surface area contributed by atoms with Crippen molar-refractivity contribution in [3.63, 3.8) is 0 Å². The van der Waals surface area contributed by atoms with Crippen molar-refractivity contribution in [1.29, 1.82) is 0 Å². The van der Waals surface area contributed by atoms with E-state index in [9.17, 15) is 9.90 Å². The lowest BCUT2D eigenvalue weighted by Crippen LogP contribution is -2.58. The molecule has 1 aromatic rings. The minimum Gasteiger partial charge on any atom is -0.390 e. The molecule has 1 amide bonds. The van der Waals surface area contributed by atoms with E-state index < -0.39 is 11.7 Å². The van der Waals surface area contributed by atoms with Crippen LogP contribution in [0.1, 0.15) is 31.2 Å². The highest BCUT2D eigenvalue weighted by Gasteiger charge is 2.46. The molecule has 1 spiro atoms. The number of hydrogen-bond acceptors (Lipinski definition) is 5. The molecule has 3 rings (SSSR count). The predicted octanol–water partition coefficient (Wildman–Crippen LogP) is 1.05. The molecule has 0 aliphatic carbocycles. The van der Waals surface area contributed by atoms with Crippen LogP contribution in [0.15, 0.2) is 24.5 Å². The number of likely N-dealkylation sites (tertiary alicyclic amines) is 1. The molecule has 6 nitrogen and oxygen atoms in total. The Kier molecular flexibility index (Phi) is 5.48. The number of carbonyl (C=O) groups is 1. The van der Waals surface area contributed by atoms with Crippen LogP contribution in [0.5, 0.6) is 0 Å². The summed E-state index contributed by atoms with van der Waals surface area (Å²) in [6, 6.07) is 3.97. The van der Waals surface area contributed by atoms with Crippen molar-refractivity contribution in [3.05, 3.63) is 30.1 Å². The Bertz CT molecular complexity index is 546. The fourth-order valence-electron chi connectivity index (χ4n) is 3.70. The van der Waals surface area contributed by atoms with Gasteiger partial charge in [-0.05, 0) is 37.9 Å². The van der Waals surface area contributed by atoms with Gasteiger partial charge in [0.05, 0.1) is 12.6 Å². The average molecular weight is 333 g/mol. The van der Waals surface area contributed by atoms with Gasteiger partial charge in [0.2, 0.25) is 5.91 Å². The third kappa shape index (κ3) is 3.94. The molecule has 2 fully saturated rings. The van der Waals surface area contributed by atoms with E-state index in [1.54, 1.807) is 6.20 Å².